The average Bonchev–Trinajstić information content (AvgIpc) is 2.66. The first-order chi connectivity index (χ1) is 13.6. The molecule has 2 N–H and O–H groups in total. The smallest absolute Gasteiger partial charge is 0.270 e. The largest absolute Gasteiger partial charge is 0.373 e. The second-order valence-electron chi connectivity index (χ2n) is 7.65. The Kier molecular flexibility index (Phi) is 6.11. The third-order valence-electron chi connectivity index (χ3n) is 5.40. The molecule has 1 aromatic carbocycles. The zero-order valence-electron chi connectivity index (χ0n) is 16.5. The summed E-state index contributed by atoms with van der Waals surface area (Å²) < 4.78 is 33.8. The number of carbonyl (C=O) groups is 1. The molecule has 10 nitrogen and oxygen atoms in total. The molecule has 2 aliphatic rings. The molecular weight excluding hydrogens is 400 g/mol. The zero-order valence-corrected chi connectivity index (χ0v) is 17.3. The minimum Gasteiger partial charge on any atom is -0.373 e. The first kappa shape index (κ1) is 21.5. The number of benzene rings is 1. The normalized spacial score (nSPS) is 24.4. The lowest BCUT2D eigenvalue weighted by Crippen LogP contribution is -2.48. The highest BCUT2D eigenvalue weighted by molar-refractivity contribution is 7.89. The summed E-state index contributed by atoms with van der Waals surface area (Å²) in [5.41, 5.74) is 5.50. The van der Waals surface area contributed by atoms with Crippen molar-refractivity contribution in [2.75, 3.05) is 31.1 Å². The predicted molar refractivity (Wildman–Crippen MR) is 106 cm³/mol. The summed E-state index contributed by atoms with van der Waals surface area (Å²) >= 11 is 0. The van der Waals surface area contributed by atoms with E-state index in [1.165, 1.54) is 16.4 Å². The van der Waals surface area contributed by atoms with Crippen molar-refractivity contribution in [2.24, 2.45) is 11.7 Å². The van der Waals surface area contributed by atoms with Gasteiger partial charge in [0.2, 0.25) is 15.9 Å². The summed E-state index contributed by atoms with van der Waals surface area (Å²) in [6, 6.07) is 3.90. The highest BCUT2D eigenvalue weighted by Gasteiger charge is 2.36. The van der Waals surface area contributed by atoms with Crippen LogP contribution in [-0.2, 0) is 19.6 Å². The molecule has 0 bridgehead atoms. The Balaban J connectivity index is 1.98. The van der Waals surface area contributed by atoms with E-state index in [0.717, 1.165) is 6.07 Å². The molecule has 2 atom stereocenters. The first-order valence-electron chi connectivity index (χ1n) is 9.58. The van der Waals surface area contributed by atoms with Crippen LogP contribution in [-0.4, -0.2) is 61.9 Å². The number of primary amides is 1. The highest BCUT2D eigenvalue weighted by atomic mass is 32.2. The molecule has 3 rings (SSSR count). The molecule has 1 aromatic rings. The Bertz CT molecular complexity index is 888. The number of nitrogens with two attached hydrogens (primary N) is 1. The first-order valence-corrected chi connectivity index (χ1v) is 11.0. The third kappa shape index (κ3) is 4.51. The minimum absolute atomic E-state index is 0.0921. The van der Waals surface area contributed by atoms with Crippen LogP contribution < -0.4 is 10.6 Å². The number of carbonyl (C=O) groups excluding carboxylic acids is 1. The lowest BCUT2D eigenvalue weighted by Gasteiger charge is -2.37. The fourth-order valence-corrected chi connectivity index (χ4v) is 5.78. The number of nitro benzene ring substituents is 1. The van der Waals surface area contributed by atoms with Crippen molar-refractivity contribution < 1.29 is 22.9 Å². The molecule has 0 aromatic heterocycles. The van der Waals surface area contributed by atoms with Gasteiger partial charge in [0, 0.05) is 44.2 Å². The molecule has 1 amide bonds. The van der Waals surface area contributed by atoms with Crippen molar-refractivity contribution in [3.63, 3.8) is 0 Å². The molecular formula is C18H26N4O6S. The summed E-state index contributed by atoms with van der Waals surface area (Å²) in [4.78, 5) is 23.9. The quantitative estimate of drug-likeness (QED) is 0.550. The van der Waals surface area contributed by atoms with E-state index in [1.807, 2.05) is 4.90 Å². The van der Waals surface area contributed by atoms with Crippen LogP contribution in [0.2, 0.25) is 0 Å². The van der Waals surface area contributed by atoms with Crippen LogP contribution in [0.5, 0.6) is 0 Å². The summed E-state index contributed by atoms with van der Waals surface area (Å²) in [5.74, 6) is -0.609. The van der Waals surface area contributed by atoms with E-state index in [-0.39, 0.29) is 47.7 Å². The van der Waals surface area contributed by atoms with Crippen molar-refractivity contribution in [3.05, 3.63) is 28.3 Å². The Morgan fingerprint density at radius 2 is 1.79 bits per heavy atom. The lowest BCUT2D eigenvalue weighted by molar-refractivity contribution is -0.385. The number of piperidine rings is 1. The highest BCUT2D eigenvalue weighted by Crippen LogP contribution is 2.34. The zero-order chi connectivity index (χ0) is 21.3. The van der Waals surface area contributed by atoms with Crippen LogP contribution in [0.25, 0.3) is 0 Å². The van der Waals surface area contributed by atoms with Crippen LogP contribution in [0, 0.1) is 16.0 Å². The average molecular weight is 426 g/mol. The van der Waals surface area contributed by atoms with Gasteiger partial charge in [0.05, 0.1) is 22.8 Å². The molecule has 160 valence electrons. The molecule has 0 radical (unpaired) electrons. The van der Waals surface area contributed by atoms with E-state index in [9.17, 15) is 23.3 Å². The van der Waals surface area contributed by atoms with Crippen molar-refractivity contribution in [1.82, 2.24) is 4.31 Å². The summed E-state index contributed by atoms with van der Waals surface area (Å²) in [5, 5.41) is 11.3. The van der Waals surface area contributed by atoms with Crippen LogP contribution in [0.15, 0.2) is 23.1 Å². The number of non-ortho nitro benzene ring substituents is 1. The molecule has 2 aliphatic heterocycles. The third-order valence-corrected chi connectivity index (χ3v) is 7.26. The maximum Gasteiger partial charge on any atom is 0.270 e. The number of hydrogen-bond donors (Lipinski definition) is 1. The predicted octanol–water partition coefficient (Wildman–Crippen LogP) is 1.09. The monoisotopic (exact) mass is 426 g/mol. The van der Waals surface area contributed by atoms with Gasteiger partial charge in [0.1, 0.15) is 4.90 Å². The van der Waals surface area contributed by atoms with E-state index >= 15 is 0 Å². The Hall–Kier alpha value is -2.24. The number of nitro groups is 1. The van der Waals surface area contributed by atoms with Gasteiger partial charge in [-0.1, -0.05) is 0 Å². The lowest BCUT2D eigenvalue weighted by atomic mass is 9.96. The summed E-state index contributed by atoms with van der Waals surface area (Å²) in [7, 11) is -3.98. The van der Waals surface area contributed by atoms with E-state index in [4.69, 9.17) is 10.5 Å². The molecule has 0 saturated carbocycles. The van der Waals surface area contributed by atoms with Crippen molar-refractivity contribution in [1.29, 1.82) is 0 Å². The number of amides is 1. The number of morpholine rings is 1. The Labute approximate surface area is 169 Å². The molecule has 29 heavy (non-hydrogen) atoms. The van der Waals surface area contributed by atoms with Crippen molar-refractivity contribution >= 4 is 27.3 Å². The van der Waals surface area contributed by atoms with Crippen molar-refractivity contribution in [3.8, 4) is 0 Å². The standard InChI is InChI=1S/C18H26N4O6S/c1-12-10-21(11-13(2)28-12)29(26,27)17-9-15(22(24)25)3-4-16(17)20-7-5-14(6-8-20)18(19)23/h3-4,9,12-14H,5-8,10-11H2,1-2H3,(H2,19,23)/t12-,13+. The number of hydrogen-bond acceptors (Lipinski definition) is 7. The van der Waals surface area contributed by atoms with Crippen LogP contribution >= 0.6 is 0 Å². The Morgan fingerprint density at radius 1 is 1.21 bits per heavy atom. The number of anilines is 1. The Morgan fingerprint density at radius 3 is 2.31 bits per heavy atom. The van der Waals surface area contributed by atoms with Crippen LogP contribution in [0.3, 0.4) is 0 Å². The minimum atomic E-state index is -3.98. The van der Waals surface area contributed by atoms with Gasteiger partial charge >= 0.3 is 0 Å². The van der Waals surface area contributed by atoms with Gasteiger partial charge in [-0.15, -0.1) is 0 Å². The molecule has 2 heterocycles. The number of nitrogens with zero attached hydrogens (tertiary/aromatic N) is 3. The number of ether oxygens (including phenoxy) is 1. The fraction of sp³-hybridized carbons (Fsp3) is 0.611. The topological polar surface area (TPSA) is 136 Å². The van der Waals surface area contributed by atoms with Crippen LogP contribution in [0.1, 0.15) is 26.7 Å². The molecule has 2 saturated heterocycles. The molecule has 0 aliphatic carbocycles. The van der Waals surface area contributed by atoms with Gasteiger partial charge in [0.25, 0.3) is 5.69 Å². The second kappa shape index (κ2) is 8.25. The van der Waals surface area contributed by atoms with E-state index in [1.54, 1.807) is 13.8 Å². The van der Waals surface area contributed by atoms with Gasteiger partial charge in [-0.2, -0.15) is 4.31 Å². The van der Waals surface area contributed by atoms with Crippen LogP contribution in [0.4, 0.5) is 11.4 Å². The maximum atomic E-state index is 13.4. The molecule has 0 unspecified atom stereocenters. The summed E-state index contributed by atoms with van der Waals surface area (Å²) in [6.07, 6.45) is 0.471. The SMILES string of the molecule is C[C@@H]1CN(S(=O)(=O)c2cc([N+](=O)[O-])ccc2N2CCC(C(N)=O)CC2)C[C@H](C)O1. The van der Waals surface area contributed by atoms with Crippen molar-refractivity contribution in [2.45, 2.75) is 43.8 Å². The van der Waals surface area contributed by atoms with Gasteiger partial charge in [-0.05, 0) is 32.8 Å². The van der Waals surface area contributed by atoms with Gasteiger partial charge < -0.3 is 15.4 Å². The molecule has 0 spiro atoms. The number of rotatable bonds is 5. The second-order valence-corrected chi connectivity index (χ2v) is 9.56. The fourth-order valence-electron chi connectivity index (χ4n) is 3.96. The molecule has 11 heteroatoms. The van der Waals surface area contributed by atoms with E-state index in [0.29, 0.717) is 31.6 Å². The van der Waals surface area contributed by atoms with Gasteiger partial charge in [-0.3, -0.25) is 14.9 Å². The molecule has 2 fully saturated rings. The van der Waals surface area contributed by atoms with Gasteiger partial charge in [0.15, 0.2) is 0 Å². The van der Waals surface area contributed by atoms with E-state index < -0.39 is 14.9 Å². The maximum absolute atomic E-state index is 13.4. The number of sulfonamides is 1. The van der Waals surface area contributed by atoms with E-state index in [2.05, 4.69) is 0 Å². The summed E-state index contributed by atoms with van der Waals surface area (Å²) in [6.45, 7) is 4.84. The van der Waals surface area contributed by atoms with Gasteiger partial charge in [-0.25, -0.2) is 8.42 Å².